The second-order valence-corrected chi connectivity index (χ2v) is 4.24. The van der Waals surface area contributed by atoms with Crippen LogP contribution in [0.1, 0.15) is 19.8 Å². The van der Waals surface area contributed by atoms with Gasteiger partial charge in [0.05, 0.1) is 12.1 Å². The van der Waals surface area contributed by atoms with Crippen LogP contribution in [0.15, 0.2) is 18.6 Å². The minimum absolute atomic E-state index is 0.0711. The number of primary amides is 1. The Morgan fingerprint density at radius 1 is 1.50 bits per heavy atom. The zero-order chi connectivity index (χ0) is 11.5. The van der Waals surface area contributed by atoms with E-state index in [2.05, 4.69) is 21.8 Å². The van der Waals surface area contributed by atoms with Gasteiger partial charge >= 0.3 is 0 Å². The summed E-state index contributed by atoms with van der Waals surface area (Å²) in [7, 11) is 0. The van der Waals surface area contributed by atoms with Crippen LogP contribution in [-0.4, -0.2) is 28.5 Å². The molecule has 0 bridgehead atoms. The van der Waals surface area contributed by atoms with Gasteiger partial charge < -0.3 is 10.6 Å². The van der Waals surface area contributed by atoms with Gasteiger partial charge in [-0.1, -0.05) is 0 Å². The lowest BCUT2D eigenvalue weighted by atomic mass is 9.93. The van der Waals surface area contributed by atoms with Gasteiger partial charge in [0.15, 0.2) is 0 Å². The molecule has 0 aromatic carbocycles. The van der Waals surface area contributed by atoms with E-state index >= 15 is 0 Å². The molecule has 0 aliphatic carbocycles. The van der Waals surface area contributed by atoms with Gasteiger partial charge in [-0.2, -0.15) is 0 Å². The van der Waals surface area contributed by atoms with E-state index < -0.39 is 0 Å². The summed E-state index contributed by atoms with van der Waals surface area (Å²) in [5.74, 6) is 0.528. The normalized spacial score (nSPS) is 25.4. The Bertz CT molecular complexity index is 368. The quantitative estimate of drug-likeness (QED) is 0.790. The lowest BCUT2D eigenvalue weighted by Crippen LogP contribution is -2.46. The second-order valence-electron chi connectivity index (χ2n) is 4.24. The summed E-state index contributed by atoms with van der Waals surface area (Å²) < 4.78 is 0. The van der Waals surface area contributed by atoms with E-state index in [9.17, 15) is 4.79 Å². The molecule has 1 aliphatic heterocycles. The molecular formula is C11H16N4O. The van der Waals surface area contributed by atoms with Crippen molar-refractivity contribution in [3.63, 3.8) is 0 Å². The first-order chi connectivity index (χ1) is 7.68. The zero-order valence-corrected chi connectivity index (χ0v) is 9.34. The van der Waals surface area contributed by atoms with Gasteiger partial charge in [0.2, 0.25) is 5.91 Å². The summed E-state index contributed by atoms with van der Waals surface area (Å²) in [6, 6.07) is 0.382. The van der Waals surface area contributed by atoms with E-state index in [-0.39, 0.29) is 11.8 Å². The van der Waals surface area contributed by atoms with Crippen LogP contribution in [-0.2, 0) is 4.79 Å². The van der Waals surface area contributed by atoms with Crippen molar-refractivity contribution in [1.29, 1.82) is 0 Å². The Labute approximate surface area is 94.7 Å². The second kappa shape index (κ2) is 4.47. The molecule has 2 atom stereocenters. The summed E-state index contributed by atoms with van der Waals surface area (Å²) in [5.41, 5.74) is 5.35. The van der Waals surface area contributed by atoms with Crippen molar-refractivity contribution in [2.45, 2.75) is 25.8 Å². The highest BCUT2D eigenvalue weighted by molar-refractivity contribution is 5.77. The molecule has 1 aromatic heterocycles. The van der Waals surface area contributed by atoms with Crippen molar-refractivity contribution < 1.29 is 4.79 Å². The van der Waals surface area contributed by atoms with Gasteiger partial charge in [0.1, 0.15) is 5.82 Å². The first-order valence-electron chi connectivity index (χ1n) is 5.50. The molecule has 1 saturated heterocycles. The largest absolute Gasteiger partial charge is 0.369 e. The van der Waals surface area contributed by atoms with Gasteiger partial charge in [0, 0.05) is 25.0 Å². The van der Waals surface area contributed by atoms with Crippen LogP contribution in [0.2, 0.25) is 0 Å². The predicted octanol–water partition coefficient (Wildman–Crippen LogP) is 0.567. The van der Waals surface area contributed by atoms with Crippen LogP contribution in [0.5, 0.6) is 0 Å². The van der Waals surface area contributed by atoms with Crippen LogP contribution >= 0.6 is 0 Å². The Hall–Kier alpha value is -1.65. The molecule has 5 nitrogen and oxygen atoms in total. The smallest absolute Gasteiger partial charge is 0.222 e. The Morgan fingerprint density at radius 2 is 2.31 bits per heavy atom. The molecule has 16 heavy (non-hydrogen) atoms. The molecule has 1 fully saturated rings. The van der Waals surface area contributed by atoms with Crippen LogP contribution in [0.25, 0.3) is 0 Å². The summed E-state index contributed by atoms with van der Waals surface area (Å²) in [6.45, 7) is 2.78. The minimum Gasteiger partial charge on any atom is -0.369 e. The highest BCUT2D eigenvalue weighted by atomic mass is 16.1. The van der Waals surface area contributed by atoms with E-state index in [0.29, 0.717) is 12.6 Å². The summed E-state index contributed by atoms with van der Waals surface area (Å²) >= 11 is 0. The lowest BCUT2D eigenvalue weighted by Gasteiger charge is -2.37. The van der Waals surface area contributed by atoms with Gasteiger partial charge in [-0.3, -0.25) is 9.78 Å². The SMILES string of the molecule is CC1CCC(C(N)=O)CN1c1cnccn1. The van der Waals surface area contributed by atoms with E-state index in [4.69, 9.17) is 5.73 Å². The molecule has 1 aromatic rings. The lowest BCUT2D eigenvalue weighted by molar-refractivity contribution is -0.122. The van der Waals surface area contributed by atoms with Crippen molar-refractivity contribution in [2.24, 2.45) is 11.7 Å². The molecule has 1 aliphatic rings. The zero-order valence-electron chi connectivity index (χ0n) is 9.34. The molecule has 2 unspecified atom stereocenters. The maximum atomic E-state index is 11.2. The fraction of sp³-hybridized carbons (Fsp3) is 0.545. The monoisotopic (exact) mass is 220 g/mol. The van der Waals surface area contributed by atoms with Crippen molar-refractivity contribution in [2.75, 3.05) is 11.4 Å². The van der Waals surface area contributed by atoms with Crippen molar-refractivity contribution in [3.8, 4) is 0 Å². The predicted molar refractivity (Wildman–Crippen MR) is 60.8 cm³/mol. The third-order valence-corrected chi connectivity index (χ3v) is 3.13. The molecule has 5 heteroatoms. The number of nitrogens with two attached hydrogens (primary N) is 1. The molecule has 0 saturated carbocycles. The fourth-order valence-electron chi connectivity index (χ4n) is 2.10. The highest BCUT2D eigenvalue weighted by Gasteiger charge is 2.29. The fourth-order valence-corrected chi connectivity index (χ4v) is 2.10. The Morgan fingerprint density at radius 3 is 2.94 bits per heavy atom. The molecule has 0 spiro atoms. The number of aromatic nitrogens is 2. The first kappa shape index (κ1) is 10.9. The maximum absolute atomic E-state index is 11.2. The highest BCUT2D eigenvalue weighted by Crippen LogP contribution is 2.25. The number of hydrogen-bond donors (Lipinski definition) is 1. The van der Waals surface area contributed by atoms with Crippen LogP contribution < -0.4 is 10.6 Å². The molecule has 86 valence electrons. The van der Waals surface area contributed by atoms with Crippen LogP contribution in [0, 0.1) is 5.92 Å². The van der Waals surface area contributed by atoms with Gasteiger partial charge in [-0.05, 0) is 19.8 Å². The third-order valence-electron chi connectivity index (χ3n) is 3.13. The molecule has 0 radical (unpaired) electrons. The topological polar surface area (TPSA) is 72.1 Å². The number of nitrogens with zero attached hydrogens (tertiary/aromatic N) is 3. The van der Waals surface area contributed by atoms with Gasteiger partial charge in [-0.25, -0.2) is 4.98 Å². The number of amides is 1. The average Bonchev–Trinajstić information content (AvgIpc) is 2.30. The molecule has 2 N–H and O–H groups in total. The number of rotatable bonds is 2. The molecule has 2 heterocycles. The summed E-state index contributed by atoms with van der Waals surface area (Å²) in [4.78, 5) is 21.6. The third kappa shape index (κ3) is 2.13. The van der Waals surface area contributed by atoms with Crippen molar-refractivity contribution >= 4 is 11.7 Å². The molecule has 2 rings (SSSR count). The van der Waals surface area contributed by atoms with E-state index in [1.165, 1.54) is 0 Å². The Kier molecular flexibility index (Phi) is 3.03. The molecule has 1 amide bonds. The van der Waals surface area contributed by atoms with Gasteiger partial charge in [0.25, 0.3) is 0 Å². The number of carbonyl (C=O) groups excluding carboxylic acids is 1. The number of hydrogen-bond acceptors (Lipinski definition) is 4. The average molecular weight is 220 g/mol. The van der Waals surface area contributed by atoms with Crippen molar-refractivity contribution in [1.82, 2.24) is 9.97 Å². The standard InChI is InChI=1S/C11H16N4O/c1-8-2-3-9(11(12)16)7-15(8)10-6-13-4-5-14-10/h4-6,8-9H,2-3,7H2,1H3,(H2,12,16). The van der Waals surface area contributed by atoms with E-state index in [1.807, 2.05) is 0 Å². The van der Waals surface area contributed by atoms with Gasteiger partial charge in [-0.15, -0.1) is 0 Å². The molecular weight excluding hydrogens is 204 g/mol. The summed E-state index contributed by atoms with van der Waals surface area (Å²) in [5, 5.41) is 0. The first-order valence-corrected chi connectivity index (χ1v) is 5.50. The van der Waals surface area contributed by atoms with Crippen LogP contribution in [0.3, 0.4) is 0 Å². The number of anilines is 1. The van der Waals surface area contributed by atoms with Crippen molar-refractivity contribution in [3.05, 3.63) is 18.6 Å². The Balaban J connectivity index is 2.16. The maximum Gasteiger partial charge on any atom is 0.222 e. The van der Waals surface area contributed by atoms with E-state index in [0.717, 1.165) is 18.7 Å². The number of carbonyl (C=O) groups is 1. The minimum atomic E-state index is -0.221. The summed E-state index contributed by atoms with van der Waals surface area (Å²) in [6.07, 6.45) is 6.86. The number of piperidine rings is 1. The van der Waals surface area contributed by atoms with E-state index in [1.54, 1.807) is 18.6 Å². The van der Waals surface area contributed by atoms with Crippen LogP contribution in [0.4, 0.5) is 5.82 Å².